The van der Waals surface area contributed by atoms with Crippen molar-refractivity contribution in [1.29, 1.82) is 0 Å². The van der Waals surface area contributed by atoms with E-state index in [1.807, 2.05) is 54.6 Å². The molecular formula is C44H64N2O10SSi. The number of rotatable bonds is 22. The van der Waals surface area contributed by atoms with Crippen molar-refractivity contribution in [3.8, 4) is 5.75 Å². The Morgan fingerprint density at radius 3 is 1.95 bits per heavy atom. The summed E-state index contributed by atoms with van der Waals surface area (Å²) in [6.45, 7) is 26.3. The first-order valence-corrected chi connectivity index (χ1v) is 23.3. The Morgan fingerprint density at radius 1 is 0.793 bits per heavy atom. The number of ether oxygens (including phenoxy) is 4. The molecule has 2 rings (SSSR count). The highest BCUT2D eigenvalue weighted by Gasteiger charge is 2.39. The van der Waals surface area contributed by atoms with Gasteiger partial charge in [0.25, 0.3) is 0 Å². The Morgan fingerprint density at radius 2 is 1.40 bits per heavy atom. The Balaban J connectivity index is 2.46. The van der Waals surface area contributed by atoms with Gasteiger partial charge in [0, 0.05) is 16.6 Å². The Hall–Kier alpha value is -4.56. The smallest absolute Gasteiger partial charge is 0.408 e. The lowest BCUT2D eigenvalue weighted by Gasteiger charge is -2.36. The summed E-state index contributed by atoms with van der Waals surface area (Å²) in [5.41, 5.74) is -0.0894. The molecule has 2 amide bonds. The molecule has 0 aliphatic rings. The van der Waals surface area contributed by atoms with Crippen molar-refractivity contribution in [2.45, 2.75) is 121 Å². The first-order chi connectivity index (χ1) is 27.0. The van der Waals surface area contributed by atoms with E-state index in [0.717, 1.165) is 16.2 Å². The van der Waals surface area contributed by atoms with Gasteiger partial charge < -0.3 is 34.0 Å². The Kier molecular flexibility index (Phi) is 19.8. The van der Waals surface area contributed by atoms with Crippen molar-refractivity contribution in [1.82, 2.24) is 10.6 Å². The number of esters is 3. The summed E-state index contributed by atoms with van der Waals surface area (Å²) in [6.07, 6.45) is 1.76. The van der Waals surface area contributed by atoms with E-state index in [2.05, 4.69) is 57.7 Å². The normalized spacial score (nSPS) is 13.8. The summed E-state index contributed by atoms with van der Waals surface area (Å²) in [5.74, 6) is -2.94. The van der Waals surface area contributed by atoms with Crippen LogP contribution in [0.2, 0.25) is 18.1 Å². The molecule has 4 atom stereocenters. The lowest BCUT2D eigenvalue weighted by atomic mass is 9.96. The van der Waals surface area contributed by atoms with Crippen LogP contribution < -0.4 is 15.1 Å². The summed E-state index contributed by atoms with van der Waals surface area (Å²) in [6, 6.07) is 14.7. The van der Waals surface area contributed by atoms with E-state index in [1.165, 1.54) is 23.9 Å². The monoisotopic (exact) mass is 840 g/mol. The zero-order valence-corrected chi connectivity index (χ0v) is 37.7. The number of carbonyl (C=O) groups is 5. The van der Waals surface area contributed by atoms with Gasteiger partial charge in [-0.25, -0.2) is 9.59 Å². The lowest BCUT2D eigenvalue weighted by molar-refractivity contribution is -0.155. The van der Waals surface area contributed by atoms with Crippen LogP contribution in [-0.4, -0.2) is 81.0 Å². The Labute approximate surface area is 350 Å². The molecule has 1 unspecified atom stereocenters. The van der Waals surface area contributed by atoms with Gasteiger partial charge in [-0.2, -0.15) is 0 Å². The molecule has 0 radical (unpaired) electrons. The van der Waals surface area contributed by atoms with Gasteiger partial charge in [0.2, 0.25) is 14.2 Å². The summed E-state index contributed by atoms with van der Waals surface area (Å²) in [4.78, 5) is 67.4. The first-order valence-electron chi connectivity index (χ1n) is 19.5. The average molecular weight is 841 g/mol. The van der Waals surface area contributed by atoms with Gasteiger partial charge in [0.05, 0.1) is 18.4 Å². The lowest BCUT2D eigenvalue weighted by Crippen LogP contribution is -2.50. The number of benzene rings is 2. The molecule has 0 fully saturated rings. The summed E-state index contributed by atoms with van der Waals surface area (Å²) < 4.78 is 28.4. The van der Waals surface area contributed by atoms with Crippen molar-refractivity contribution in [3.63, 3.8) is 0 Å². The maximum absolute atomic E-state index is 14.0. The molecule has 0 saturated heterocycles. The minimum atomic E-state index is -2.10. The highest BCUT2D eigenvalue weighted by molar-refractivity contribution is 8.00. The molecule has 2 aromatic carbocycles. The number of hydrogen-bond donors (Lipinski definition) is 2. The molecule has 2 N–H and O–H groups in total. The summed E-state index contributed by atoms with van der Waals surface area (Å²) in [5, 5.41) is 4.87. The van der Waals surface area contributed by atoms with Gasteiger partial charge >= 0.3 is 24.0 Å². The van der Waals surface area contributed by atoms with Gasteiger partial charge in [-0.3, -0.25) is 14.4 Å². The molecule has 0 heterocycles. The summed E-state index contributed by atoms with van der Waals surface area (Å²) in [7, 11) is -2.10. The fraction of sp³-hybridized carbons (Fsp3) is 0.523. The van der Waals surface area contributed by atoms with Crippen LogP contribution in [0, 0.1) is 11.8 Å². The average Bonchev–Trinajstić information content (AvgIpc) is 3.12. The first kappa shape index (κ1) is 49.6. The number of alkyl carbamates (subject to hydrolysis) is 1. The molecular weight excluding hydrogens is 777 g/mol. The second-order valence-electron chi connectivity index (χ2n) is 16.8. The zero-order valence-electron chi connectivity index (χ0n) is 35.9. The van der Waals surface area contributed by atoms with Gasteiger partial charge in [0.15, 0.2) is 0 Å². The minimum Gasteiger partial charge on any atom is -0.544 e. The van der Waals surface area contributed by atoms with Crippen LogP contribution in [0.3, 0.4) is 0 Å². The zero-order chi connectivity index (χ0) is 43.7. The molecule has 0 aliphatic heterocycles. The molecule has 320 valence electrons. The number of carbonyl (C=O) groups excluding carboxylic acids is 5. The maximum atomic E-state index is 14.0. The van der Waals surface area contributed by atoms with E-state index in [1.54, 1.807) is 34.6 Å². The quantitative estimate of drug-likeness (QED) is 0.0388. The predicted molar refractivity (Wildman–Crippen MR) is 230 cm³/mol. The predicted octanol–water partition coefficient (Wildman–Crippen LogP) is 8.21. The number of hydrogen-bond acceptors (Lipinski definition) is 11. The molecule has 12 nitrogen and oxygen atoms in total. The number of amides is 2. The van der Waals surface area contributed by atoms with Crippen molar-refractivity contribution in [2.75, 3.05) is 19.8 Å². The van der Waals surface area contributed by atoms with E-state index in [9.17, 15) is 24.0 Å². The Bertz CT molecular complexity index is 1670. The van der Waals surface area contributed by atoms with Crippen LogP contribution in [0.4, 0.5) is 4.79 Å². The SMILES string of the molecule is C=CCOC(=O)C[C@@H](Cc1ccc(O[Si](C)(C)C(C)(C)C)cc1)C(=O)OC[C@H](NC(=O)OC(C)(C)C)C(CC(=O)N[C@H](C(=O)OCC=C)C(C)C)Sc1ccccc1. The second kappa shape index (κ2) is 23.1. The highest BCUT2D eigenvalue weighted by atomic mass is 32.2. The molecule has 0 aliphatic carbocycles. The maximum Gasteiger partial charge on any atom is 0.408 e. The van der Waals surface area contributed by atoms with Gasteiger partial charge in [-0.05, 0) is 81.1 Å². The van der Waals surface area contributed by atoms with E-state index in [-0.39, 0.29) is 50.0 Å². The van der Waals surface area contributed by atoms with Crippen LogP contribution in [0.5, 0.6) is 5.75 Å². The molecule has 58 heavy (non-hydrogen) atoms. The van der Waals surface area contributed by atoms with Crippen LogP contribution in [0.25, 0.3) is 0 Å². The fourth-order valence-electron chi connectivity index (χ4n) is 5.15. The van der Waals surface area contributed by atoms with Crippen LogP contribution in [0.15, 0.2) is 84.8 Å². The van der Waals surface area contributed by atoms with Gasteiger partial charge in [0.1, 0.15) is 37.2 Å². The highest BCUT2D eigenvalue weighted by Crippen LogP contribution is 2.37. The van der Waals surface area contributed by atoms with E-state index < -0.39 is 67.1 Å². The van der Waals surface area contributed by atoms with Crippen LogP contribution in [0.1, 0.15) is 73.8 Å². The fourth-order valence-corrected chi connectivity index (χ4v) is 7.39. The molecule has 0 saturated carbocycles. The third kappa shape index (κ3) is 17.9. The molecule has 14 heteroatoms. The minimum absolute atomic E-state index is 0.000737. The molecule has 0 bridgehead atoms. The van der Waals surface area contributed by atoms with Crippen molar-refractivity contribution >= 4 is 50.0 Å². The second-order valence-corrected chi connectivity index (χ2v) is 22.9. The standard InChI is InChI=1S/C44H64N2O10SSi/c1-13-24-52-38(48)27-32(26-31-20-22-33(23-21-31)56-58(11,12)44(8,9)10)40(49)54-29-35(45-42(51)55-43(5,6)7)36(57-34-18-16-15-17-19-34)28-37(47)46-39(30(3)4)41(50)53-25-14-2/h13-23,30,32,35-36,39H,1-2,24-29H2,3-12H3,(H,45,51)(H,46,47)/t32-,35+,36?,39+/m1/s1. The van der Waals surface area contributed by atoms with E-state index in [4.69, 9.17) is 23.4 Å². The van der Waals surface area contributed by atoms with Crippen molar-refractivity contribution in [3.05, 3.63) is 85.5 Å². The number of nitrogens with one attached hydrogen (secondary N) is 2. The molecule has 0 aromatic heterocycles. The van der Waals surface area contributed by atoms with Crippen LogP contribution in [-0.2, 0) is 44.5 Å². The van der Waals surface area contributed by atoms with E-state index >= 15 is 0 Å². The topological polar surface area (TPSA) is 156 Å². The van der Waals surface area contributed by atoms with Gasteiger partial charge in [-0.15, -0.1) is 11.8 Å². The van der Waals surface area contributed by atoms with Crippen molar-refractivity contribution in [2.24, 2.45) is 11.8 Å². The van der Waals surface area contributed by atoms with Crippen molar-refractivity contribution < 1.29 is 47.3 Å². The largest absolute Gasteiger partial charge is 0.544 e. The van der Waals surface area contributed by atoms with Gasteiger partial charge in [-0.1, -0.05) is 90.3 Å². The van der Waals surface area contributed by atoms with E-state index in [0.29, 0.717) is 0 Å². The molecule has 2 aromatic rings. The third-order valence-electron chi connectivity index (χ3n) is 9.25. The van der Waals surface area contributed by atoms with Crippen LogP contribution >= 0.6 is 11.8 Å². The third-order valence-corrected chi connectivity index (χ3v) is 14.9. The summed E-state index contributed by atoms with van der Waals surface area (Å²) >= 11 is 1.29. The number of thioether (sulfide) groups is 1. The molecule has 0 spiro atoms.